The summed E-state index contributed by atoms with van der Waals surface area (Å²) in [6.07, 6.45) is 0. The van der Waals surface area contributed by atoms with Crippen molar-refractivity contribution in [3.8, 4) is 0 Å². The minimum absolute atomic E-state index is 0.155. The lowest BCUT2D eigenvalue weighted by Gasteiger charge is -2.33. The van der Waals surface area contributed by atoms with Crippen molar-refractivity contribution in [1.82, 2.24) is 5.32 Å². The third kappa shape index (κ3) is 3.83. The second-order valence-electron chi connectivity index (χ2n) is 5.33. The zero-order valence-corrected chi connectivity index (χ0v) is 11.9. The first-order valence-electron chi connectivity index (χ1n) is 6.24. The Morgan fingerprint density at radius 1 is 1.24 bits per heavy atom. The molecule has 2 nitrogen and oxygen atoms in total. The fourth-order valence-corrected chi connectivity index (χ4v) is 1.79. The Morgan fingerprint density at radius 3 is 2.41 bits per heavy atom. The molecule has 0 amide bonds. The minimum Gasteiger partial charge on any atom is -0.377 e. The molecule has 96 valence electrons. The van der Waals surface area contributed by atoms with Crippen LogP contribution in [0.15, 0.2) is 24.3 Å². The summed E-state index contributed by atoms with van der Waals surface area (Å²) in [7, 11) is 1.76. The lowest BCUT2D eigenvalue weighted by atomic mass is 9.97. The molecule has 0 aliphatic carbocycles. The first-order valence-corrected chi connectivity index (χ1v) is 6.24. The van der Waals surface area contributed by atoms with Gasteiger partial charge < -0.3 is 10.1 Å². The van der Waals surface area contributed by atoms with Crippen LogP contribution in [0.1, 0.15) is 44.9 Å². The second kappa shape index (κ2) is 5.65. The van der Waals surface area contributed by atoms with Crippen molar-refractivity contribution in [3.63, 3.8) is 0 Å². The molecule has 1 N–H and O–H groups in total. The Balaban J connectivity index is 2.69. The molecule has 0 aliphatic heterocycles. The summed E-state index contributed by atoms with van der Waals surface area (Å²) in [5.41, 5.74) is 2.47. The highest BCUT2D eigenvalue weighted by Gasteiger charge is 2.26. The Labute approximate surface area is 105 Å². The highest BCUT2D eigenvalue weighted by molar-refractivity contribution is 5.24. The van der Waals surface area contributed by atoms with E-state index in [1.54, 1.807) is 7.11 Å². The average Bonchev–Trinajstić information content (AvgIpc) is 2.28. The monoisotopic (exact) mass is 235 g/mol. The quantitative estimate of drug-likeness (QED) is 0.844. The van der Waals surface area contributed by atoms with E-state index in [1.165, 1.54) is 11.1 Å². The molecule has 0 radical (unpaired) electrons. The van der Waals surface area contributed by atoms with Crippen molar-refractivity contribution in [1.29, 1.82) is 0 Å². The molecule has 0 heterocycles. The molecule has 1 aromatic rings. The predicted octanol–water partition coefficient (Wildman–Crippen LogP) is 3.46. The van der Waals surface area contributed by atoms with E-state index in [-0.39, 0.29) is 5.60 Å². The molecule has 0 saturated carbocycles. The smallest absolute Gasteiger partial charge is 0.0772 e. The molecular formula is C15H25NO. The first-order chi connectivity index (χ1) is 7.86. The van der Waals surface area contributed by atoms with E-state index in [4.69, 9.17) is 4.74 Å². The topological polar surface area (TPSA) is 21.3 Å². The summed E-state index contributed by atoms with van der Waals surface area (Å²) in [5.74, 6) is 0. The van der Waals surface area contributed by atoms with Crippen molar-refractivity contribution < 1.29 is 4.74 Å². The van der Waals surface area contributed by atoms with Gasteiger partial charge in [0.05, 0.1) is 5.60 Å². The Hall–Kier alpha value is -0.860. The Kier molecular flexibility index (Phi) is 4.72. The summed E-state index contributed by atoms with van der Waals surface area (Å²) in [6.45, 7) is 10.7. The van der Waals surface area contributed by atoms with Gasteiger partial charge in [0.2, 0.25) is 0 Å². The van der Waals surface area contributed by atoms with Crippen molar-refractivity contribution >= 4 is 0 Å². The second-order valence-corrected chi connectivity index (χ2v) is 5.33. The molecular weight excluding hydrogens is 210 g/mol. The minimum atomic E-state index is -0.155. The van der Waals surface area contributed by atoms with Gasteiger partial charge in [-0.05, 0) is 40.2 Å². The molecule has 17 heavy (non-hydrogen) atoms. The first kappa shape index (κ1) is 14.2. The van der Waals surface area contributed by atoms with E-state index in [1.807, 2.05) is 0 Å². The number of hydrogen-bond donors (Lipinski definition) is 1. The van der Waals surface area contributed by atoms with Gasteiger partial charge in [-0.3, -0.25) is 0 Å². The lowest BCUT2D eigenvalue weighted by molar-refractivity contribution is -0.00764. The Bertz CT molecular complexity index is 360. The number of rotatable bonds is 5. The van der Waals surface area contributed by atoms with Crippen LogP contribution in [0.3, 0.4) is 0 Å². The van der Waals surface area contributed by atoms with Gasteiger partial charge >= 0.3 is 0 Å². The molecule has 0 saturated heterocycles. The van der Waals surface area contributed by atoms with E-state index in [0.717, 1.165) is 0 Å². The third-order valence-corrected chi connectivity index (χ3v) is 3.61. The van der Waals surface area contributed by atoms with E-state index in [9.17, 15) is 0 Å². The fourth-order valence-electron chi connectivity index (χ4n) is 1.79. The number of ether oxygens (including phenoxy) is 1. The van der Waals surface area contributed by atoms with Crippen LogP contribution < -0.4 is 5.32 Å². The Morgan fingerprint density at radius 2 is 1.88 bits per heavy atom. The predicted molar refractivity (Wildman–Crippen MR) is 73.3 cm³/mol. The van der Waals surface area contributed by atoms with Crippen molar-refractivity contribution in [2.75, 3.05) is 7.11 Å². The van der Waals surface area contributed by atoms with Gasteiger partial charge in [-0.15, -0.1) is 0 Å². The SMILES string of the molecule is COC(C)(C)C(C)N[C@H](C)c1cccc(C)c1. The molecule has 1 unspecified atom stereocenters. The number of nitrogens with one attached hydrogen (secondary N) is 1. The number of methoxy groups -OCH3 is 1. The maximum atomic E-state index is 5.50. The summed E-state index contributed by atoms with van der Waals surface area (Å²) in [4.78, 5) is 0. The molecule has 0 aromatic heterocycles. The summed E-state index contributed by atoms with van der Waals surface area (Å²) in [6, 6.07) is 9.25. The van der Waals surface area contributed by atoms with Crippen LogP contribution >= 0.6 is 0 Å². The normalized spacial score (nSPS) is 15.6. The van der Waals surface area contributed by atoms with Crippen LogP contribution in [-0.4, -0.2) is 18.8 Å². The maximum absolute atomic E-state index is 5.50. The summed E-state index contributed by atoms with van der Waals surface area (Å²) < 4.78 is 5.50. The molecule has 2 atom stereocenters. The molecule has 0 aliphatic rings. The number of aryl methyl sites for hydroxylation is 1. The van der Waals surface area contributed by atoms with Gasteiger partial charge in [0.15, 0.2) is 0 Å². The molecule has 1 rings (SSSR count). The van der Waals surface area contributed by atoms with Gasteiger partial charge in [0, 0.05) is 19.2 Å². The van der Waals surface area contributed by atoms with Gasteiger partial charge in [0.25, 0.3) is 0 Å². The van der Waals surface area contributed by atoms with Gasteiger partial charge in [0.1, 0.15) is 0 Å². The van der Waals surface area contributed by atoms with Crippen LogP contribution in [0, 0.1) is 6.92 Å². The molecule has 0 bridgehead atoms. The summed E-state index contributed by atoms with van der Waals surface area (Å²) in [5, 5.41) is 3.59. The number of benzene rings is 1. The largest absolute Gasteiger partial charge is 0.377 e. The van der Waals surface area contributed by atoms with Crippen molar-refractivity contribution in [3.05, 3.63) is 35.4 Å². The molecule has 2 heteroatoms. The highest BCUT2D eigenvalue weighted by Crippen LogP contribution is 2.19. The van der Waals surface area contributed by atoms with Crippen molar-refractivity contribution in [2.24, 2.45) is 0 Å². The maximum Gasteiger partial charge on any atom is 0.0772 e. The number of hydrogen-bond acceptors (Lipinski definition) is 2. The zero-order valence-electron chi connectivity index (χ0n) is 11.9. The van der Waals surface area contributed by atoms with Gasteiger partial charge in [-0.2, -0.15) is 0 Å². The fraction of sp³-hybridized carbons (Fsp3) is 0.600. The van der Waals surface area contributed by atoms with E-state index in [2.05, 4.69) is 64.2 Å². The average molecular weight is 235 g/mol. The van der Waals surface area contributed by atoms with Crippen molar-refractivity contribution in [2.45, 2.75) is 52.3 Å². The molecule has 0 spiro atoms. The highest BCUT2D eigenvalue weighted by atomic mass is 16.5. The van der Waals surface area contributed by atoms with Crippen LogP contribution in [0.4, 0.5) is 0 Å². The summed E-state index contributed by atoms with van der Waals surface area (Å²) >= 11 is 0. The van der Waals surface area contributed by atoms with Crippen LogP contribution in [0.25, 0.3) is 0 Å². The lowest BCUT2D eigenvalue weighted by Crippen LogP contribution is -2.46. The molecule has 0 fully saturated rings. The van der Waals surface area contributed by atoms with Gasteiger partial charge in [-0.25, -0.2) is 0 Å². The van der Waals surface area contributed by atoms with E-state index >= 15 is 0 Å². The van der Waals surface area contributed by atoms with Gasteiger partial charge in [-0.1, -0.05) is 29.8 Å². The van der Waals surface area contributed by atoms with Crippen LogP contribution in [-0.2, 0) is 4.74 Å². The standard InChI is InChI=1S/C15H25NO/c1-11-8-7-9-14(10-11)12(2)16-13(3)15(4,5)17-6/h7-10,12-13,16H,1-6H3/t12-,13?/m1/s1. The zero-order chi connectivity index (χ0) is 13.1. The third-order valence-electron chi connectivity index (χ3n) is 3.61. The van der Waals surface area contributed by atoms with Crippen LogP contribution in [0.5, 0.6) is 0 Å². The van der Waals surface area contributed by atoms with E-state index in [0.29, 0.717) is 12.1 Å². The van der Waals surface area contributed by atoms with E-state index < -0.39 is 0 Å². The molecule has 1 aromatic carbocycles. The van der Waals surface area contributed by atoms with Crippen LogP contribution in [0.2, 0.25) is 0 Å².